The van der Waals surface area contributed by atoms with Crippen LogP contribution in [0.4, 0.5) is 5.69 Å². The fourth-order valence-electron chi connectivity index (χ4n) is 3.35. The van der Waals surface area contributed by atoms with Crippen LogP contribution in [0.1, 0.15) is 24.0 Å². The number of aryl methyl sites for hydroxylation is 2. The van der Waals surface area contributed by atoms with Gasteiger partial charge in [-0.15, -0.1) is 0 Å². The summed E-state index contributed by atoms with van der Waals surface area (Å²) in [5.41, 5.74) is 2.06. The number of nitrogens with zero attached hydrogens (tertiary/aromatic N) is 2. The van der Waals surface area contributed by atoms with Crippen LogP contribution in [0.5, 0.6) is 5.75 Å². The highest BCUT2D eigenvalue weighted by molar-refractivity contribution is 7.89. The first-order chi connectivity index (χ1) is 14.7. The summed E-state index contributed by atoms with van der Waals surface area (Å²) in [6.45, 7) is 4.37. The second-order valence-corrected chi connectivity index (χ2v) is 9.47. The van der Waals surface area contributed by atoms with Gasteiger partial charge in [0.05, 0.1) is 9.82 Å². The SMILES string of the molecule is Cc1ccc(OCC(=O)NC2CCN(S(=O)(=O)c3ccc([N+](=O)[O-])cc3)CC2)cc1C. The number of sulfonamides is 1. The number of benzene rings is 2. The lowest BCUT2D eigenvalue weighted by Gasteiger charge is -2.31. The van der Waals surface area contributed by atoms with Crippen LogP contribution >= 0.6 is 0 Å². The Morgan fingerprint density at radius 2 is 1.77 bits per heavy atom. The maximum atomic E-state index is 12.8. The van der Waals surface area contributed by atoms with Gasteiger partial charge in [-0.3, -0.25) is 14.9 Å². The molecule has 2 aromatic carbocycles. The summed E-state index contributed by atoms with van der Waals surface area (Å²) in [6.07, 6.45) is 0.948. The Morgan fingerprint density at radius 1 is 1.13 bits per heavy atom. The molecule has 2 aromatic rings. The van der Waals surface area contributed by atoms with Gasteiger partial charge in [0.15, 0.2) is 6.61 Å². The van der Waals surface area contributed by atoms with Crippen LogP contribution in [0.3, 0.4) is 0 Å². The number of nitro benzene ring substituents is 1. The molecular weight excluding hydrogens is 422 g/mol. The maximum Gasteiger partial charge on any atom is 0.269 e. The van der Waals surface area contributed by atoms with Gasteiger partial charge in [-0.05, 0) is 62.1 Å². The van der Waals surface area contributed by atoms with Gasteiger partial charge < -0.3 is 10.1 Å². The summed E-state index contributed by atoms with van der Waals surface area (Å²) >= 11 is 0. The summed E-state index contributed by atoms with van der Waals surface area (Å²) in [4.78, 5) is 22.4. The van der Waals surface area contributed by atoms with Crippen LogP contribution in [0.25, 0.3) is 0 Å². The largest absolute Gasteiger partial charge is 0.484 e. The van der Waals surface area contributed by atoms with Gasteiger partial charge in [0, 0.05) is 31.3 Å². The van der Waals surface area contributed by atoms with E-state index in [9.17, 15) is 23.3 Å². The molecular formula is C21H25N3O6S. The topological polar surface area (TPSA) is 119 Å². The van der Waals surface area contributed by atoms with E-state index in [1.54, 1.807) is 0 Å². The molecule has 31 heavy (non-hydrogen) atoms. The highest BCUT2D eigenvalue weighted by Crippen LogP contribution is 2.23. The van der Waals surface area contributed by atoms with E-state index in [1.807, 2.05) is 32.0 Å². The van der Waals surface area contributed by atoms with Crippen molar-refractivity contribution in [3.05, 3.63) is 63.7 Å². The van der Waals surface area contributed by atoms with Crippen molar-refractivity contribution in [2.45, 2.75) is 37.6 Å². The summed E-state index contributed by atoms with van der Waals surface area (Å²) in [5, 5.41) is 13.6. The Labute approximate surface area is 181 Å². The van der Waals surface area contributed by atoms with Gasteiger partial charge in [-0.1, -0.05) is 6.07 Å². The minimum Gasteiger partial charge on any atom is -0.484 e. The number of hydrogen-bond donors (Lipinski definition) is 1. The normalized spacial score (nSPS) is 15.4. The van der Waals surface area contributed by atoms with Crippen molar-refractivity contribution in [1.29, 1.82) is 0 Å². The molecule has 0 atom stereocenters. The first kappa shape index (κ1) is 22.7. The molecule has 1 saturated heterocycles. The minimum absolute atomic E-state index is 0.0161. The van der Waals surface area contributed by atoms with E-state index in [0.717, 1.165) is 11.1 Å². The molecule has 0 aromatic heterocycles. The zero-order valence-electron chi connectivity index (χ0n) is 17.4. The van der Waals surface area contributed by atoms with E-state index in [1.165, 1.54) is 28.6 Å². The molecule has 1 aliphatic rings. The van der Waals surface area contributed by atoms with Gasteiger partial charge in [0.1, 0.15) is 5.75 Å². The monoisotopic (exact) mass is 447 g/mol. The van der Waals surface area contributed by atoms with Crippen molar-refractivity contribution in [3.63, 3.8) is 0 Å². The molecule has 0 saturated carbocycles. The number of non-ortho nitro benzene ring substituents is 1. The van der Waals surface area contributed by atoms with E-state index in [4.69, 9.17) is 4.74 Å². The molecule has 166 valence electrons. The van der Waals surface area contributed by atoms with Crippen molar-refractivity contribution < 1.29 is 22.9 Å². The first-order valence-electron chi connectivity index (χ1n) is 9.91. The average molecular weight is 448 g/mol. The zero-order valence-corrected chi connectivity index (χ0v) is 18.2. The van der Waals surface area contributed by atoms with Crippen molar-refractivity contribution in [2.75, 3.05) is 19.7 Å². The van der Waals surface area contributed by atoms with Crippen molar-refractivity contribution >= 4 is 21.6 Å². The fraction of sp³-hybridized carbons (Fsp3) is 0.381. The fourth-order valence-corrected chi connectivity index (χ4v) is 4.82. The van der Waals surface area contributed by atoms with Gasteiger partial charge >= 0.3 is 0 Å². The Hall–Kier alpha value is -2.98. The highest BCUT2D eigenvalue weighted by atomic mass is 32.2. The van der Waals surface area contributed by atoms with Gasteiger partial charge in [0.25, 0.3) is 11.6 Å². The maximum absolute atomic E-state index is 12.8. The summed E-state index contributed by atoms with van der Waals surface area (Å²) in [7, 11) is -3.74. The molecule has 1 fully saturated rings. The zero-order chi connectivity index (χ0) is 22.6. The third-order valence-corrected chi connectivity index (χ3v) is 7.27. The van der Waals surface area contributed by atoms with E-state index >= 15 is 0 Å². The second kappa shape index (κ2) is 9.44. The number of amides is 1. The number of carbonyl (C=O) groups excluding carboxylic acids is 1. The van der Waals surface area contributed by atoms with Crippen molar-refractivity contribution in [2.24, 2.45) is 0 Å². The molecule has 1 heterocycles. The molecule has 0 aliphatic carbocycles. The Morgan fingerprint density at radius 3 is 2.35 bits per heavy atom. The molecule has 1 N–H and O–H groups in total. The number of piperidine rings is 1. The Balaban J connectivity index is 1.49. The average Bonchev–Trinajstić information content (AvgIpc) is 2.75. The van der Waals surface area contributed by atoms with Crippen molar-refractivity contribution in [1.82, 2.24) is 9.62 Å². The second-order valence-electron chi connectivity index (χ2n) is 7.53. The predicted octanol–water partition coefficient (Wildman–Crippen LogP) is 2.56. The Kier molecular flexibility index (Phi) is 6.91. The number of rotatable bonds is 7. The van der Waals surface area contributed by atoms with Crippen LogP contribution in [-0.4, -0.2) is 49.3 Å². The van der Waals surface area contributed by atoms with Crippen LogP contribution in [0.15, 0.2) is 47.4 Å². The van der Waals surface area contributed by atoms with Crippen LogP contribution in [-0.2, 0) is 14.8 Å². The lowest BCUT2D eigenvalue weighted by Crippen LogP contribution is -2.47. The molecule has 3 rings (SSSR count). The quantitative estimate of drug-likeness (QED) is 0.515. The highest BCUT2D eigenvalue weighted by Gasteiger charge is 2.30. The predicted molar refractivity (Wildman–Crippen MR) is 114 cm³/mol. The lowest BCUT2D eigenvalue weighted by atomic mass is 10.1. The number of nitrogens with one attached hydrogen (secondary N) is 1. The van der Waals surface area contributed by atoms with E-state index in [0.29, 0.717) is 18.6 Å². The number of ether oxygens (including phenoxy) is 1. The number of hydrogen-bond acceptors (Lipinski definition) is 6. The smallest absolute Gasteiger partial charge is 0.269 e. The standard InChI is InChI=1S/C21H25N3O6S/c1-15-3-6-19(13-16(15)2)30-14-21(25)22-17-9-11-23(12-10-17)31(28,29)20-7-4-18(5-8-20)24(26)27/h3-8,13,17H,9-12,14H2,1-2H3,(H,22,25). The van der Waals surface area contributed by atoms with Crippen molar-refractivity contribution in [3.8, 4) is 5.75 Å². The van der Waals surface area contributed by atoms with Crippen LogP contribution in [0, 0.1) is 24.0 Å². The first-order valence-corrected chi connectivity index (χ1v) is 11.3. The van der Waals surface area contributed by atoms with Gasteiger partial charge in [-0.25, -0.2) is 8.42 Å². The molecule has 0 bridgehead atoms. The van der Waals surface area contributed by atoms with Gasteiger partial charge in [0.2, 0.25) is 10.0 Å². The molecule has 1 aliphatic heterocycles. The van der Waals surface area contributed by atoms with Gasteiger partial charge in [-0.2, -0.15) is 4.31 Å². The molecule has 10 heteroatoms. The molecule has 9 nitrogen and oxygen atoms in total. The number of carbonyl (C=O) groups is 1. The van der Waals surface area contributed by atoms with E-state index in [2.05, 4.69) is 5.32 Å². The summed E-state index contributed by atoms with van der Waals surface area (Å²) < 4.78 is 32.4. The van der Waals surface area contributed by atoms with E-state index < -0.39 is 14.9 Å². The molecule has 0 radical (unpaired) electrons. The molecule has 0 unspecified atom stereocenters. The molecule has 0 spiro atoms. The van der Waals surface area contributed by atoms with Crippen LogP contribution in [0.2, 0.25) is 0 Å². The summed E-state index contributed by atoms with van der Waals surface area (Å²) in [5.74, 6) is 0.372. The summed E-state index contributed by atoms with van der Waals surface area (Å²) in [6, 6.07) is 10.3. The number of nitro groups is 1. The third-order valence-electron chi connectivity index (χ3n) is 5.35. The minimum atomic E-state index is -3.74. The lowest BCUT2D eigenvalue weighted by molar-refractivity contribution is -0.384. The Bertz CT molecular complexity index is 1060. The van der Waals surface area contributed by atoms with E-state index in [-0.39, 0.29) is 42.2 Å². The van der Waals surface area contributed by atoms with Crippen LogP contribution < -0.4 is 10.1 Å². The molecule has 1 amide bonds. The third kappa shape index (κ3) is 5.59.